The molecule has 22 heavy (non-hydrogen) atoms. The smallest absolute Gasteiger partial charge is 0.231 e. The van der Waals surface area contributed by atoms with Gasteiger partial charge in [0.15, 0.2) is 5.82 Å². The number of aromatic nitrogens is 2. The van der Waals surface area contributed by atoms with Crippen LogP contribution in [0.2, 0.25) is 0 Å². The Morgan fingerprint density at radius 3 is 2.91 bits per heavy atom. The second-order valence-electron chi connectivity index (χ2n) is 6.69. The van der Waals surface area contributed by atoms with Crippen molar-refractivity contribution in [2.24, 2.45) is 17.8 Å². The summed E-state index contributed by atoms with van der Waals surface area (Å²) in [5, 5.41) is 2.89. The van der Waals surface area contributed by atoms with Crippen LogP contribution in [0.25, 0.3) is 0 Å². The third-order valence-electron chi connectivity index (χ3n) is 5.41. The van der Waals surface area contributed by atoms with E-state index in [1.54, 1.807) is 18.6 Å². The molecule has 1 amide bonds. The van der Waals surface area contributed by atoms with Crippen LogP contribution in [0.15, 0.2) is 18.6 Å². The Hall–Kier alpha value is -1.53. The Labute approximate surface area is 130 Å². The SMILES string of the molecule is O=C(Nc1cnccn1)[C@@H]1COC[C@H]2CN(C3CCC3)C[C@H]21. The molecule has 3 fully saturated rings. The van der Waals surface area contributed by atoms with Gasteiger partial charge in [-0.3, -0.25) is 14.7 Å². The van der Waals surface area contributed by atoms with Crippen LogP contribution in [0.5, 0.6) is 0 Å². The topological polar surface area (TPSA) is 67.3 Å². The number of likely N-dealkylation sites (tertiary alicyclic amines) is 1. The lowest BCUT2D eigenvalue weighted by Gasteiger charge is -2.35. The predicted octanol–water partition coefficient (Wildman–Crippen LogP) is 1.16. The lowest BCUT2D eigenvalue weighted by atomic mass is 9.82. The molecule has 0 unspecified atom stereocenters. The van der Waals surface area contributed by atoms with Gasteiger partial charge >= 0.3 is 0 Å². The minimum absolute atomic E-state index is 0.0191. The molecule has 4 rings (SSSR count). The van der Waals surface area contributed by atoms with Crippen molar-refractivity contribution in [1.29, 1.82) is 0 Å². The largest absolute Gasteiger partial charge is 0.380 e. The molecule has 0 radical (unpaired) electrons. The number of nitrogens with one attached hydrogen (secondary N) is 1. The number of ether oxygens (including phenoxy) is 1. The third-order valence-corrected chi connectivity index (χ3v) is 5.41. The van der Waals surface area contributed by atoms with Crippen LogP contribution in [0.3, 0.4) is 0 Å². The molecule has 1 aliphatic carbocycles. The summed E-state index contributed by atoms with van der Waals surface area (Å²) in [6.45, 7) is 3.44. The predicted molar refractivity (Wildman–Crippen MR) is 81.2 cm³/mol. The van der Waals surface area contributed by atoms with Crippen molar-refractivity contribution in [3.8, 4) is 0 Å². The van der Waals surface area contributed by atoms with Crippen molar-refractivity contribution < 1.29 is 9.53 Å². The van der Waals surface area contributed by atoms with Crippen molar-refractivity contribution >= 4 is 11.7 Å². The molecule has 3 heterocycles. The van der Waals surface area contributed by atoms with Crippen LogP contribution in [0.1, 0.15) is 19.3 Å². The summed E-state index contributed by atoms with van der Waals surface area (Å²) in [5.41, 5.74) is 0. The summed E-state index contributed by atoms with van der Waals surface area (Å²) < 4.78 is 5.71. The van der Waals surface area contributed by atoms with Crippen LogP contribution in [0, 0.1) is 17.8 Å². The van der Waals surface area contributed by atoms with Crippen molar-refractivity contribution in [2.75, 3.05) is 31.6 Å². The van der Waals surface area contributed by atoms with E-state index in [0.29, 0.717) is 24.3 Å². The molecular weight excluding hydrogens is 280 g/mol. The highest BCUT2D eigenvalue weighted by Crippen LogP contribution is 2.38. The average Bonchev–Trinajstić information content (AvgIpc) is 2.89. The van der Waals surface area contributed by atoms with Gasteiger partial charge in [0, 0.05) is 31.5 Å². The third kappa shape index (κ3) is 2.61. The summed E-state index contributed by atoms with van der Waals surface area (Å²) >= 11 is 0. The van der Waals surface area contributed by atoms with Crippen molar-refractivity contribution in [1.82, 2.24) is 14.9 Å². The van der Waals surface area contributed by atoms with Crippen LogP contribution >= 0.6 is 0 Å². The Morgan fingerprint density at radius 1 is 1.27 bits per heavy atom. The van der Waals surface area contributed by atoms with E-state index < -0.39 is 0 Å². The first-order chi connectivity index (χ1) is 10.8. The first-order valence-electron chi connectivity index (χ1n) is 8.20. The minimum Gasteiger partial charge on any atom is -0.380 e. The van der Waals surface area contributed by atoms with Gasteiger partial charge in [-0.25, -0.2) is 4.98 Å². The Bertz CT molecular complexity index is 534. The molecule has 2 saturated heterocycles. The maximum absolute atomic E-state index is 12.6. The molecule has 2 aliphatic heterocycles. The summed E-state index contributed by atoms with van der Waals surface area (Å²) in [7, 11) is 0. The molecule has 3 atom stereocenters. The van der Waals surface area contributed by atoms with E-state index in [0.717, 1.165) is 25.7 Å². The fourth-order valence-corrected chi connectivity index (χ4v) is 3.94. The van der Waals surface area contributed by atoms with Crippen LogP contribution in [0.4, 0.5) is 5.82 Å². The highest BCUT2D eigenvalue weighted by atomic mass is 16.5. The fraction of sp³-hybridized carbons (Fsp3) is 0.688. The number of nitrogens with zero attached hydrogens (tertiary/aromatic N) is 3. The van der Waals surface area contributed by atoms with Crippen LogP contribution in [-0.2, 0) is 9.53 Å². The summed E-state index contributed by atoms with van der Waals surface area (Å²) in [6.07, 6.45) is 8.75. The molecule has 0 spiro atoms. The minimum atomic E-state index is -0.0779. The van der Waals surface area contributed by atoms with Crippen LogP contribution in [-0.4, -0.2) is 53.1 Å². The van der Waals surface area contributed by atoms with Gasteiger partial charge in [-0.1, -0.05) is 6.42 Å². The Morgan fingerprint density at radius 2 is 2.18 bits per heavy atom. The first kappa shape index (κ1) is 14.1. The number of rotatable bonds is 3. The van der Waals surface area contributed by atoms with Crippen molar-refractivity contribution in [3.63, 3.8) is 0 Å². The first-order valence-corrected chi connectivity index (χ1v) is 8.20. The fourth-order valence-electron chi connectivity index (χ4n) is 3.94. The standard InChI is InChI=1S/C16H22N4O2/c21-16(19-15-6-17-4-5-18-15)14-10-22-9-11-7-20(8-13(11)14)12-2-1-3-12/h4-6,11-14H,1-3,7-10H2,(H,18,19,21)/t11-,13-,14-/m1/s1. The highest BCUT2D eigenvalue weighted by Gasteiger charge is 2.46. The molecular formula is C16H22N4O2. The van der Waals surface area contributed by atoms with Gasteiger partial charge in [-0.15, -0.1) is 0 Å². The number of hydrogen-bond donors (Lipinski definition) is 1. The molecule has 118 valence electrons. The molecule has 3 aliphatic rings. The zero-order valence-electron chi connectivity index (χ0n) is 12.6. The second kappa shape index (κ2) is 5.93. The quantitative estimate of drug-likeness (QED) is 0.907. The van der Waals surface area contributed by atoms with Gasteiger partial charge in [0.25, 0.3) is 0 Å². The lowest BCUT2D eigenvalue weighted by Crippen LogP contribution is -2.42. The normalized spacial score (nSPS) is 32.3. The summed E-state index contributed by atoms with van der Waals surface area (Å²) in [4.78, 5) is 23.3. The van der Waals surface area contributed by atoms with E-state index in [9.17, 15) is 4.79 Å². The zero-order valence-corrected chi connectivity index (χ0v) is 12.6. The number of carbonyl (C=O) groups excluding carboxylic acids is 1. The number of fused-ring (bicyclic) bond motifs is 1. The molecule has 1 aromatic rings. The molecule has 1 N–H and O–H groups in total. The van der Waals surface area contributed by atoms with E-state index in [4.69, 9.17) is 4.74 Å². The highest BCUT2D eigenvalue weighted by molar-refractivity contribution is 5.92. The number of amides is 1. The van der Waals surface area contributed by atoms with E-state index >= 15 is 0 Å². The molecule has 1 aromatic heterocycles. The number of anilines is 1. The number of hydrogen-bond acceptors (Lipinski definition) is 5. The zero-order chi connectivity index (χ0) is 14.9. The lowest BCUT2D eigenvalue weighted by molar-refractivity contribution is -0.128. The monoisotopic (exact) mass is 302 g/mol. The van der Waals surface area contributed by atoms with Gasteiger partial charge < -0.3 is 10.1 Å². The van der Waals surface area contributed by atoms with Gasteiger partial charge in [0.05, 0.1) is 25.3 Å². The van der Waals surface area contributed by atoms with Crippen LogP contribution < -0.4 is 5.32 Å². The van der Waals surface area contributed by atoms with Gasteiger partial charge in [0.1, 0.15) is 0 Å². The summed E-state index contributed by atoms with van der Waals surface area (Å²) in [6, 6.07) is 0.745. The van der Waals surface area contributed by atoms with Crippen molar-refractivity contribution in [3.05, 3.63) is 18.6 Å². The Kier molecular flexibility index (Phi) is 3.80. The number of carbonyl (C=O) groups is 1. The summed E-state index contributed by atoms with van der Waals surface area (Å²) in [5.74, 6) is 1.36. The average molecular weight is 302 g/mol. The van der Waals surface area contributed by atoms with Gasteiger partial charge in [-0.2, -0.15) is 0 Å². The molecule has 6 nitrogen and oxygen atoms in total. The Balaban J connectivity index is 1.43. The maximum Gasteiger partial charge on any atom is 0.231 e. The molecule has 0 aromatic carbocycles. The second-order valence-corrected chi connectivity index (χ2v) is 6.69. The van der Waals surface area contributed by atoms with E-state index in [-0.39, 0.29) is 11.8 Å². The molecule has 6 heteroatoms. The van der Waals surface area contributed by atoms with E-state index in [1.165, 1.54) is 19.3 Å². The van der Waals surface area contributed by atoms with E-state index in [2.05, 4.69) is 20.2 Å². The van der Waals surface area contributed by atoms with Crippen molar-refractivity contribution in [2.45, 2.75) is 25.3 Å². The maximum atomic E-state index is 12.6. The van der Waals surface area contributed by atoms with Gasteiger partial charge in [-0.05, 0) is 24.7 Å². The molecule has 0 bridgehead atoms. The van der Waals surface area contributed by atoms with E-state index in [1.807, 2.05) is 0 Å². The van der Waals surface area contributed by atoms with Gasteiger partial charge in [0.2, 0.25) is 5.91 Å². The molecule has 1 saturated carbocycles.